The molecule has 4 nitrogen and oxygen atoms in total. The second-order valence-electron chi connectivity index (χ2n) is 9.24. The van der Waals surface area contributed by atoms with Crippen molar-refractivity contribution in [1.29, 1.82) is 0 Å². The van der Waals surface area contributed by atoms with Gasteiger partial charge in [-0.2, -0.15) is 0 Å². The molecule has 0 amide bonds. The third kappa shape index (κ3) is 4.75. The van der Waals surface area contributed by atoms with E-state index in [-0.39, 0.29) is 22.4 Å². The normalized spacial score (nSPS) is 20.0. The van der Waals surface area contributed by atoms with Crippen LogP contribution in [-0.4, -0.2) is 10.2 Å². The van der Waals surface area contributed by atoms with Gasteiger partial charge in [-0.15, -0.1) is 0 Å². The van der Waals surface area contributed by atoms with Crippen LogP contribution >= 0.6 is 0 Å². The van der Waals surface area contributed by atoms with Crippen LogP contribution in [0.25, 0.3) is 0 Å². The third-order valence-electron chi connectivity index (χ3n) is 7.26. The molecular formula is C26H30O4. The highest BCUT2D eigenvalue weighted by Crippen LogP contribution is 2.58. The summed E-state index contributed by atoms with van der Waals surface area (Å²) in [6, 6.07) is 13.5. The Hall–Kier alpha value is -2.62. The fourth-order valence-electron chi connectivity index (χ4n) is 4.68. The molecule has 2 aromatic carbocycles. The van der Waals surface area contributed by atoms with Gasteiger partial charge in [0.05, 0.1) is 0 Å². The van der Waals surface area contributed by atoms with Gasteiger partial charge < -0.3 is 10.2 Å². The van der Waals surface area contributed by atoms with E-state index < -0.39 is 0 Å². The summed E-state index contributed by atoms with van der Waals surface area (Å²) in [7, 11) is 0. The number of aromatic hydroxyl groups is 2. The highest BCUT2D eigenvalue weighted by molar-refractivity contribution is 5.28. The summed E-state index contributed by atoms with van der Waals surface area (Å²) in [5.41, 5.74) is 2.41. The summed E-state index contributed by atoms with van der Waals surface area (Å²) in [5.74, 6) is 0.809. The van der Waals surface area contributed by atoms with Crippen molar-refractivity contribution in [2.75, 3.05) is 0 Å². The first-order valence-corrected chi connectivity index (χ1v) is 11.1. The second kappa shape index (κ2) is 8.63. The van der Waals surface area contributed by atoms with E-state index in [2.05, 4.69) is 0 Å². The van der Waals surface area contributed by atoms with Crippen molar-refractivity contribution in [3.63, 3.8) is 0 Å². The predicted octanol–water partition coefficient (Wildman–Crippen LogP) is 5.21. The second-order valence-corrected chi connectivity index (χ2v) is 9.24. The molecule has 3 aliphatic carbocycles. The van der Waals surface area contributed by atoms with Crippen molar-refractivity contribution in [1.82, 2.24) is 0 Å². The first-order valence-electron chi connectivity index (χ1n) is 11.1. The first kappa shape index (κ1) is 20.6. The van der Waals surface area contributed by atoms with Crippen LogP contribution in [0.2, 0.25) is 0 Å². The summed E-state index contributed by atoms with van der Waals surface area (Å²) >= 11 is 0. The van der Waals surface area contributed by atoms with Crippen molar-refractivity contribution in [2.45, 2.75) is 69.6 Å². The van der Waals surface area contributed by atoms with E-state index in [4.69, 9.17) is 5.11 Å². The van der Waals surface area contributed by atoms with Crippen molar-refractivity contribution < 1.29 is 10.2 Å². The van der Waals surface area contributed by atoms with E-state index in [1.807, 2.05) is 18.2 Å². The average Bonchev–Trinajstić information content (AvgIpc) is 3.50. The Balaban J connectivity index is 0.000000151. The lowest BCUT2D eigenvalue weighted by molar-refractivity contribution is 0.306. The maximum Gasteiger partial charge on any atom is 0.220 e. The quantitative estimate of drug-likeness (QED) is 0.718. The van der Waals surface area contributed by atoms with Crippen LogP contribution < -0.4 is 10.9 Å². The van der Waals surface area contributed by atoms with Crippen molar-refractivity contribution in [3.05, 3.63) is 80.1 Å². The van der Waals surface area contributed by atoms with Gasteiger partial charge in [-0.25, -0.2) is 0 Å². The predicted molar refractivity (Wildman–Crippen MR) is 118 cm³/mol. The summed E-state index contributed by atoms with van der Waals surface area (Å²) in [5, 5.41) is 18.5. The Bertz CT molecular complexity index is 1010. The Morgan fingerprint density at radius 2 is 1.30 bits per heavy atom. The van der Waals surface area contributed by atoms with Crippen LogP contribution in [-0.2, 0) is 0 Å². The Kier molecular flexibility index (Phi) is 5.94. The van der Waals surface area contributed by atoms with Gasteiger partial charge in [0.2, 0.25) is 10.9 Å². The van der Waals surface area contributed by atoms with Gasteiger partial charge in [0, 0.05) is 0 Å². The van der Waals surface area contributed by atoms with Crippen LogP contribution in [0.5, 0.6) is 11.5 Å². The van der Waals surface area contributed by atoms with Crippen LogP contribution in [0.1, 0.15) is 80.8 Å². The fraction of sp³-hybridized carbons (Fsp3) is 0.462. The minimum Gasteiger partial charge on any atom is -0.504 e. The summed E-state index contributed by atoms with van der Waals surface area (Å²) in [4.78, 5) is 22.6. The van der Waals surface area contributed by atoms with Gasteiger partial charge >= 0.3 is 0 Å². The van der Waals surface area contributed by atoms with E-state index in [1.54, 1.807) is 12.1 Å². The molecule has 158 valence electrons. The van der Waals surface area contributed by atoms with Gasteiger partial charge in [0.25, 0.3) is 0 Å². The highest BCUT2D eigenvalue weighted by Gasteiger charge is 2.44. The van der Waals surface area contributed by atoms with Crippen LogP contribution in [0.3, 0.4) is 0 Å². The molecule has 0 atom stereocenters. The molecule has 1 spiro atoms. The SMILES string of the molecule is O=c1cc(C2CCC3(CC2)CC3)cccc1O.O=c1ccc(C2CCC2)ccc1O. The van der Waals surface area contributed by atoms with Gasteiger partial charge in [0.1, 0.15) is 0 Å². The molecule has 4 heteroatoms. The molecule has 0 unspecified atom stereocenters. The van der Waals surface area contributed by atoms with Gasteiger partial charge in [-0.05, 0) is 104 Å². The lowest BCUT2D eigenvalue weighted by atomic mass is 9.77. The molecule has 2 aromatic rings. The van der Waals surface area contributed by atoms with E-state index >= 15 is 0 Å². The molecule has 0 radical (unpaired) electrons. The standard InChI is InChI=1S/C15H18O2.C11H12O2/c16-13-3-1-2-12(10-14(13)17)11-4-6-15(7-5-11)8-9-15;12-10-6-4-9(5-7-11(10)13)8-2-1-3-8/h1-3,10-11H,4-9H2,(H,16,17);4-8H,1-3H2,(H,12,13). The van der Waals surface area contributed by atoms with E-state index in [9.17, 15) is 14.7 Å². The largest absolute Gasteiger partial charge is 0.504 e. The van der Waals surface area contributed by atoms with Gasteiger partial charge in [0.15, 0.2) is 11.5 Å². The Morgan fingerprint density at radius 1 is 0.667 bits per heavy atom. The van der Waals surface area contributed by atoms with Crippen molar-refractivity contribution in [2.24, 2.45) is 5.41 Å². The molecule has 0 bridgehead atoms. The molecule has 3 aliphatic rings. The Labute approximate surface area is 177 Å². The Morgan fingerprint density at radius 3 is 1.93 bits per heavy atom. The minimum atomic E-state index is -0.300. The van der Waals surface area contributed by atoms with Crippen molar-refractivity contribution >= 4 is 0 Å². The average molecular weight is 407 g/mol. The van der Waals surface area contributed by atoms with E-state index in [0.29, 0.717) is 17.3 Å². The third-order valence-corrected chi connectivity index (χ3v) is 7.26. The number of rotatable bonds is 2. The van der Waals surface area contributed by atoms with Crippen molar-refractivity contribution in [3.8, 4) is 11.5 Å². The van der Waals surface area contributed by atoms with Crippen LogP contribution in [0.4, 0.5) is 0 Å². The molecule has 0 heterocycles. The lowest BCUT2D eigenvalue weighted by Gasteiger charge is -2.28. The zero-order chi connectivity index (χ0) is 21.1. The molecule has 5 rings (SSSR count). The fourth-order valence-corrected chi connectivity index (χ4v) is 4.68. The molecule has 0 saturated heterocycles. The smallest absolute Gasteiger partial charge is 0.220 e. The molecule has 3 fully saturated rings. The van der Waals surface area contributed by atoms with E-state index in [1.165, 1.54) is 81.5 Å². The van der Waals surface area contributed by atoms with E-state index in [0.717, 1.165) is 5.56 Å². The molecule has 2 N–H and O–H groups in total. The first-order chi connectivity index (χ1) is 14.5. The lowest BCUT2D eigenvalue weighted by Crippen LogP contribution is -2.14. The maximum atomic E-state index is 11.6. The van der Waals surface area contributed by atoms with Crippen LogP contribution in [0.15, 0.2) is 58.1 Å². The zero-order valence-electron chi connectivity index (χ0n) is 17.3. The topological polar surface area (TPSA) is 74.6 Å². The van der Waals surface area contributed by atoms with Gasteiger partial charge in [-0.3, -0.25) is 9.59 Å². The minimum absolute atomic E-state index is 0.147. The van der Waals surface area contributed by atoms with Gasteiger partial charge in [-0.1, -0.05) is 30.7 Å². The monoisotopic (exact) mass is 406 g/mol. The maximum absolute atomic E-state index is 11.6. The molecule has 0 aromatic heterocycles. The molecule has 0 aliphatic heterocycles. The molecular weight excluding hydrogens is 376 g/mol. The molecule has 3 saturated carbocycles. The van der Waals surface area contributed by atoms with Crippen LogP contribution in [0, 0.1) is 5.41 Å². The summed E-state index contributed by atoms with van der Waals surface area (Å²) in [6.45, 7) is 0. The molecule has 30 heavy (non-hydrogen) atoms. The number of hydrogen-bond acceptors (Lipinski definition) is 4. The summed E-state index contributed by atoms with van der Waals surface area (Å²) in [6.07, 6.45) is 11.5. The summed E-state index contributed by atoms with van der Waals surface area (Å²) < 4.78 is 0. The highest BCUT2D eigenvalue weighted by atomic mass is 16.3. The zero-order valence-corrected chi connectivity index (χ0v) is 17.3. The number of hydrogen-bond donors (Lipinski definition) is 2.